The van der Waals surface area contributed by atoms with Gasteiger partial charge >= 0.3 is 0 Å². The van der Waals surface area contributed by atoms with Gasteiger partial charge in [0, 0.05) is 19.2 Å². The number of hydrogen-bond donors (Lipinski definition) is 1. The number of carbonyl (C=O) groups excluding carboxylic acids is 2. The number of rotatable bonds is 8. The van der Waals surface area contributed by atoms with Crippen molar-refractivity contribution < 1.29 is 14.3 Å². The lowest BCUT2D eigenvalue weighted by atomic mass is 10.1. The largest absolute Gasteiger partial charge is 0.383 e. The fourth-order valence-electron chi connectivity index (χ4n) is 2.48. The first-order valence-electron chi connectivity index (χ1n) is 7.15. The van der Waals surface area contributed by atoms with Crippen LogP contribution in [0.4, 0.5) is 0 Å². The zero-order chi connectivity index (χ0) is 14.4. The number of carbonyl (C=O) groups is 2. The average Bonchev–Trinajstić information content (AvgIpc) is 2.64. The van der Waals surface area contributed by atoms with Crippen molar-refractivity contribution in [3.8, 4) is 0 Å². The molecule has 0 saturated carbocycles. The first-order chi connectivity index (χ1) is 9.04. The average molecular weight is 270 g/mol. The second-order valence-corrected chi connectivity index (χ2v) is 5.22. The second-order valence-electron chi connectivity index (χ2n) is 5.22. The van der Waals surface area contributed by atoms with E-state index in [1.54, 1.807) is 7.11 Å². The van der Waals surface area contributed by atoms with Gasteiger partial charge in [-0.3, -0.25) is 14.5 Å². The number of methoxy groups -OCH3 is 1. The molecule has 1 fully saturated rings. The van der Waals surface area contributed by atoms with Crippen molar-refractivity contribution in [2.75, 3.05) is 13.7 Å². The smallest absolute Gasteiger partial charge is 0.247 e. The molecule has 1 rings (SSSR count). The van der Waals surface area contributed by atoms with Crippen LogP contribution in [-0.4, -0.2) is 48.6 Å². The third-order valence-electron chi connectivity index (χ3n) is 3.66. The zero-order valence-corrected chi connectivity index (χ0v) is 12.4. The first kappa shape index (κ1) is 16.1. The van der Waals surface area contributed by atoms with E-state index < -0.39 is 0 Å². The Labute approximate surface area is 115 Å². The van der Waals surface area contributed by atoms with E-state index in [0.29, 0.717) is 6.61 Å². The number of likely N-dealkylation sites (tertiary alicyclic amines) is 1. The maximum atomic E-state index is 12.3. The molecule has 2 amide bonds. The van der Waals surface area contributed by atoms with Crippen molar-refractivity contribution >= 4 is 11.8 Å². The van der Waals surface area contributed by atoms with Crippen LogP contribution in [0.25, 0.3) is 0 Å². The Hall–Kier alpha value is -0.940. The Morgan fingerprint density at radius 3 is 2.63 bits per heavy atom. The summed E-state index contributed by atoms with van der Waals surface area (Å²) in [5, 5.41) is 3.27. The highest BCUT2D eigenvalue weighted by Gasteiger charge is 2.41. The topological polar surface area (TPSA) is 58.6 Å². The highest BCUT2D eigenvalue weighted by Crippen LogP contribution is 2.18. The third-order valence-corrected chi connectivity index (χ3v) is 3.66. The summed E-state index contributed by atoms with van der Waals surface area (Å²) in [5.41, 5.74) is 0. The first-order valence-corrected chi connectivity index (χ1v) is 7.15. The highest BCUT2D eigenvalue weighted by atomic mass is 16.5. The minimum Gasteiger partial charge on any atom is -0.383 e. The molecule has 3 atom stereocenters. The highest BCUT2D eigenvalue weighted by molar-refractivity contribution is 6.05. The van der Waals surface area contributed by atoms with Gasteiger partial charge in [0.2, 0.25) is 11.8 Å². The van der Waals surface area contributed by atoms with Crippen LogP contribution in [0.2, 0.25) is 0 Å². The minimum atomic E-state index is -0.381. The number of amides is 2. The fourth-order valence-corrected chi connectivity index (χ4v) is 2.48. The monoisotopic (exact) mass is 270 g/mol. The van der Waals surface area contributed by atoms with Gasteiger partial charge in [0.25, 0.3) is 0 Å². The van der Waals surface area contributed by atoms with E-state index in [4.69, 9.17) is 4.74 Å². The summed E-state index contributed by atoms with van der Waals surface area (Å²) in [5.74, 6) is -0.152. The number of nitrogens with zero attached hydrogens (tertiary/aromatic N) is 1. The van der Waals surface area contributed by atoms with E-state index in [1.807, 2.05) is 13.8 Å². The molecule has 0 spiro atoms. The molecule has 1 aliphatic heterocycles. The Bertz CT molecular complexity index is 314. The summed E-state index contributed by atoms with van der Waals surface area (Å²) in [4.78, 5) is 25.6. The van der Waals surface area contributed by atoms with E-state index in [9.17, 15) is 9.59 Å². The number of nitrogens with one attached hydrogen (secondary N) is 1. The van der Waals surface area contributed by atoms with Crippen LogP contribution in [0.15, 0.2) is 0 Å². The molecule has 19 heavy (non-hydrogen) atoms. The summed E-state index contributed by atoms with van der Waals surface area (Å²) in [7, 11) is 1.65. The van der Waals surface area contributed by atoms with Crippen molar-refractivity contribution in [2.24, 2.45) is 0 Å². The normalized spacial score (nSPS) is 22.9. The molecule has 110 valence electrons. The predicted octanol–water partition coefficient (Wildman–Crippen LogP) is 1.32. The van der Waals surface area contributed by atoms with E-state index in [0.717, 1.165) is 19.3 Å². The van der Waals surface area contributed by atoms with E-state index in [-0.39, 0.29) is 36.4 Å². The molecule has 0 aromatic rings. The van der Waals surface area contributed by atoms with Crippen molar-refractivity contribution in [3.63, 3.8) is 0 Å². The second kappa shape index (κ2) is 7.60. The zero-order valence-electron chi connectivity index (χ0n) is 12.4. The standard InChI is InChI=1S/C14H26N2O3/c1-5-7-11(9-19-4)15-12-8-13(17)16(14(12)18)10(3)6-2/h10-12,15H,5-9H2,1-4H3. The van der Waals surface area contributed by atoms with Gasteiger partial charge in [0.05, 0.1) is 19.1 Å². The Kier molecular flexibility index (Phi) is 6.45. The van der Waals surface area contributed by atoms with Crippen LogP contribution in [0.1, 0.15) is 46.5 Å². The summed E-state index contributed by atoms with van der Waals surface area (Å²) in [6.45, 7) is 6.56. The molecular formula is C14H26N2O3. The molecule has 1 saturated heterocycles. The van der Waals surface area contributed by atoms with E-state index in [2.05, 4.69) is 12.2 Å². The molecule has 0 aromatic heterocycles. The lowest BCUT2D eigenvalue weighted by Gasteiger charge is -2.23. The molecule has 1 N–H and O–H groups in total. The van der Waals surface area contributed by atoms with Gasteiger partial charge in [-0.05, 0) is 19.8 Å². The van der Waals surface area contributed by atoms with Crippen LogP contribution in [0, 0.1) is 0 Å². The number of ether oxygens (including phenoxy) is 1. The summed E-state index contributed by atoms with van der Waals surface area (Å²) in [6.07, 6.45) is 3.02. The van der Waals surface area contributed by atoms with E-state index >= 15 is 0 Å². The molecule has 1 heterocycles. The minimum absolute atomic E-state index is 0.0150. The van der Waals surface area contributed by atoms with Gasteiger partial charge < -0.3 is 10.1 Å². The summed E-state index contributed by atoms with van der Waals surface area (Å²) >= 11 is 0. The predicted molar refractivity (Wildman–Crippen MR) is 73.7 cm³/mol. The van der Waals surface area contributed by atoms with Crippen molar-refractivity contribution in [1.82, 2.24) is 10.2 Å². The molecule has 0 radical (unpaired) electrons. The van der Waals surface area contributed by atoms with Crippen LogP contribution >= 0.6 is 0 Å². The summed E-state index contributed by atoms with van der Waals surface area (Å²) < 4.78 is 5.15. The molecule has 0 bridgehead atoms. The van der Waals surface area contributed by atoms with Crippen LogP contribution in [-0.2, 0) is 14.3 Å². The van der Waals surface area contributed by atoms with Gasteiger partial charge in [0.15, 0.2) is 0 Å². The molecule has 5 heteroatoms. The van der Waals surface area contributed by atoms with Crippen molar-refractivity contribution in [3.05, 3.63) is 0 Å². The van der Waals surface area contributed by atoms with Gasteiger partial charge in [0.1, 0.15) is 0 Å². The summed E-state index contributed by atoms with van der Waals surface area (Å²) in [6, 6.07) is -0.263. The number of imide groups is 1. The Morgan fingerprint density at radius 1 is 1.42 bits per heavy atom. The third kappa shape index (κ3) is 4.01. The van der Waals surface area contributed by atoms with Gasteiger partial charge in [-0.2, -0.15) is 0 Å². The quantitative estimate of drug-likeness (QED) is 0.676. The van der Waals surface area contributed by atoms with Crippen molar-refractivity contribution in [1.29, 1.82) is 0 Å². The van der Waals surface area contributed by atoms with Gasteiger partial charge in [-0.1, -0.05) is 20.3 Å². The van der Waals surface area contributed by atoms with Gasteiger partial charge in [-0.25, -0.2) is 0 Å². The van der Waals surface area contributed by atoms with Crippen LogP contribution in [0.3, 0.4) is 0 Å². The SMILES string of the molecule is CCCC(COC)NC1CC(=O)N(C(C)CC)C1=O. The Balaban J connectivity index is 2.65. The molecule has 3 unspecified atom stereocenters. The Morgan fingerprint density at radius 2 is 2.11 bits per heavy atom. The fraction of sp³-hybridized carbons (Fsp3) is 0.857. The molecule has 0 aliphatic carbocycles. The maximum Gasteiger partial charge on any atom is 0.247 e. The number of hydrogen-bond acceptors (Lipinski definition) is 4. The maximum absolute atomic E-state index is 12.3. The lowest BCUT2D eigenvalue weighted by molar-refractivity contribution is -0.141. The van der Waals surface area contributed by atoms with Crippen LogP contribution in [0.5, 0.6) is 0 Å². The molecule has 1 aliphatic rings. The molecule has 0 aromatic carbocycles. The van der Waals surface area contributed by atoms with Crippen molar-refractivity contribution in [2.45, 2.75) is 64.6 Å². The van der Waals surface area contributed by atoms with E-state index in [1.165, 1.54) is 4.90 Å². The van der Waals surface area contributed by atoms with Crippen LogP contribution < -0.4 is 5.32 Å². The lowest BCUT2D eigenvalue weighted by Crippen LogP contribution is -2.47. The van der Waals surface area contributed by atoms with Gasteiger partial charge in [-0.15, -0.1) is 0 Å². The molecule has 5 nitrogen and oxygen atoms in total. The molecular weight excluding hydrogens is 244 g/mol.